The van der Waals surface area contributed by atoms with E-state index in [9.17, 15) is 9.59 Å². The molecule has 1 aromatic carbocycles. The molecule has 0 unspecified atom stereocenters. The molecule has 0 radical (unpaired) electrons. The maximum Gasteiger partial charge on any atom is 0.253 e. The van der Waals surface area contributed by atoms with Gasteiger partial charge in [-0.2, -0.15) is 0 Å². The number of carbonyl (C=O) groups is 2. The predicted molar refractivity (Wildman–Crippen MR) is 130 cm³/mol. The Morgan fingerprint density at radius 2 is 1.72 bits per heavy atom. The predicted octanol–water partition coefficient (Wildman–Crippen LogP) is 3.77. The van der Waals surface area contributed by atoms with E-state index in [1.807, 2.05) is 4.90 Å². The second kappa shape index (κ2) is 12.2. The summed E-state index contributed by atoms with van der Waals surface area (Å²) < 4.78 is 0. The Morgan fingerprint density at radius 3 is 2.31 bits per heavy atom. The molecule has 1 N–H and O–H groups in total. The fourth-order valence-electron chi connectivity index (χ4n) is 4.95. The second-order valence-electron chi connectivity index (χ2n) is 8.76. The normalized spacial score (nSPS) is 18.8. The average Bonchev–Trinajstić information content (AvgIpc) is 3.33. The number of amides is 2. The van der Waals surface area contributed by atoms with Gasteiger partial charge >= 0.3 is 0 Å². The zero-order valence-corrected chi connectivity index (χ0v) is 20.8. The molecular formula is C24H36Cl2N4O2. The van der Waals surface area contributed by atoms with Crippen molar-refractivity contribution in [3.63, 3.8) is 0 Å². The lowest BCUT2D eigenvalue weighted by molar-refractivity contribution is -0.129. The van der Waals surface area contributed by atoms with Gasteiger partial charge in [-0.3, -0.25) is 14.5 Å². The fraction of sp³-hybridized carbons (Fsp3) is 0.667. The zero-order valence-electron chi connectivity index (χ0n) is 19.3. The molecule has 3 rings (SSSR count). The number of likely N-dealkylation sites (N-methyl/N-ethyl adjacent to an activating group) is 1. The van der Waals surface area contributed by atoms with Crippen LogP contribution in [-0.4, -0.2) is 84.9 Å². The number of nitrogens with one attached hydrogen (secondary N) is 1. The Morgan fingerprint density at radius 1 is 1.06 bits per heavy atom. The van der Waals surface area contributed by atoms with E-state index in [-0.39, 0.29) is 17.9 Å². The van der Waals surface area contributed by atoms with Crippen molar-refractivity contribution >= 4 is 35.0 Å². The minimum absolute atomic E-state index is 0.0377. The van der Waals surface area contributed by atoms with Crippen LogP contribution in [0.3, 0.4) is 0 Å². The van der Waals surface area contributed by atoms with Gasteiger partial charge in [0.25, 0.3) is 5.91 Å². The Bertz CT molecular complexity index is 773. The van der Waals surface area contributed by atoms with Crippen molar-refractivity contribution in [3.05, 3.63) is 33.8 Å². The summed E-state index contributed by atoms with van der Waals surface area (Å²) in [5.74, 6) is 0.512. The second-order valence-corrected chi connectivity index (χ2v) is 9.58. The molecule has 1 aromatic rings. The van der Waals surface area contributed by atoms with E-state index in [2.05, 4.69) is 29.0 Å². The topological polar surface area (TPSA) is 55.9 Å². The van der Waals surface area contributed by atoms with Crippen LogP contribution in [0.4, 0.5) is 0 Å². The molecule has 2 amide bonds. The summed E-state index contributed by atoms with van der Waals surface area (Å²) in [6, 6.07) is 4.90. The molecule has 0 spiro atoms. The van der Waals surface area contributed by atoms with Crippen LogP contribution in [0.25, 0.3) is 0 Å². The van der Waals surface area contributed by atoms with Gasteiger partial charge < -0.3 is 15.1 Å². The van der Waals surface area contributed by atoms with Crippen molar-refractivity contribution in [1.29, 1.82) is 0 Å². The number of rotatable bonds is 9. The smallest absolute Gasteiger partial charge is 0.253 e. The summed E-state index contributed by atoms with van der Waals surface area (Å²) in [6.45, 7) is 10.5. The zero-order chi connectivity index (χ0) is 23.1. The first-order valence-corrected chi connectivity index (χ1v) is 12.7. The van der Waals surface area contributed by atoms with Gasteiger partial charge in [-0.1, -0.05) is 49.9 Å². The van der Waals surface area contributed by atoms with E-state index in [1.165, 1.54) is 12.8 Å². The number of nitrogens with zero attached hydrogens (tertiary/aromatic N) is 3. The van der Waals surface area contributed by atoms with Crippen molar-refractivity contribution in [2.45, 2.75) is 45.6 Å². The van der Waals surface area contributed by atoms with E-state index in [1.54, 1.807) is 18.2 Å². The highest BCUT2D eigenvalue weighted by Gasteiger charge is 2.37. The summed E-state index contributed by atoms with van der Waals surface area (Å²) in [6.07, 6.45) is 4.61. The molecule has 1 aliphatic heterocycles. The monoisotopic (exact) mass is 482 g/mol. The average molecular weight is 483 g/mol. The minimum atomic E-state index is -0.101. The maximum absolute atomic E-state index is 13.2. The SMILES string of the molecule is CCN(CC)CCNC(=O)[C@@H](C1CCCC1)N1CCN(C(=O)c2ccc(Cl)c(Cl)c2)CC1. The Hall–Kier alpha value is -1.34. The van der Waals surface area contributed by atoms with Crippen molar-refractivity contribution in [2.75, 3.05) is 52.4 Å². The third-order valence-electron chi connectivity index (χ3n) is 6.90. The lowest BCUT2D eigenvalue weighted by Crippen LogP contribution is -2.58. The van der Waals surface area contributed by atoms with Crippen LogP contribution in [0.2, 0.25) is 10.0 Å². The van der Waals surface area contributed by atoms with Crippen LogP contribution in [0, 0.1) is 5.92 Å². The first-order valence-electron chi connectivity index (χ1n) is 11.9. The summed E-state index contributed by atoms with van der Waals surface area (Å²) >= 11 is 12.1. The number of carbonyl (C=O) groups excluding carboxylic acids is 2. The van der Waals surface area contributed by atoms with E-state index < -0.39 is 0 Å². The molecule has 32 heavy (non-hydrogen) atoms. The van der Waals surface area contributed by atoms with Crippen molar-refractivity contribution < 1.29 is 9.59 Å². The third kappa shape index (κ3) is 6.37. The molecule has 2 fully saturated rings. The van der Waals surface area contributed by atoms with Crippen molar-refractivity contribution in [1.82, 2.24) is 20.0 Å². The molecule has 1 heterocycles. The van der Waals surface area contributed by atoms with Crippen LogP contribution in [0.5, 0.6) is 0 Å². The van der Waals surface area contributed by atoms with Gasteiger partial charge in [0.2, 0.25) is 5.91 Å². The van der Waals surface area contributed by atoms with Gasteiger partial charge in [0.05, 0.1) is 16.1 Å². The first kappa shape index (κ1) is 25.3. The van der Waals surface area contributed by atoms with Crippen LogP contribution in [0.15, 0.2) is 18.2 Å². The van der Waals surface area contributed by atoms with Crippen molar-refractivity contribution in [2.24, 2.45) is 5.92 Å². The highest BCUT2D eigenvalue weighted by atomic mass is 35.5. The first-order chi connectivity index (χ1) is 15.4. The molecule has 1 saturated heterocycles. The quantitative estimate of drug-likeness (QED) is 0.581. The standard InChI is InChI=1S/C24H36Cl2N4O2/c1-3-28(4-2)12-11-27-23(31)22(18-7-5-6-8-18)29-13-15-30(16-14-29)24(32)19-9-10-20(25)21(26)17-19/h9-10,17-18,22H,3-8,11-16H2,1-2H3,(H,27,31)/t22-/m1/s1. The Balaban J connectivity index is 1.59. The molecule has 178 valence electrons. The van der Waals surface area contributed by atoms with E-state index in [0.29, 0.717) is 54.3 Å². The lowest BCUT2D eigenvalue weighted by atomic mass is 9.95. The molecule has 1 aliphatic carbocycles. The van der Waals surface area contributed by atoms with Crippen LogP contribution in [-0.2, 0) is 4.79 Å². The van der Waals surface area contributed by atoms with Crippen LogP contribution >= 0.6 is 23.2 Å². The molecular weight excluding hydrogens is 447 g/mol. The van der Waals surface area contributed by atoms with E-state index in [4.69, 9.17) is 23.2 Å². The van der Waals surface area contributed by atoms with Gasteiger partial charge in [0.15, 0.2) is 0 Å². The molecule has 1 saturated carbocycles. The van der Waals surface area contributed by atoms with E-state index in [0.717, 1.165) is 32.5 Å². The lowest BCUT2D eigenvalue weighted by Gasteiger charge is -2.41. The summed E-state index contributed by atoms with van der Waals surface area (Å²) in [5.41, 5.74) is 0.550. The Labute approximate surface area is 202 Å². The largest absolute Gasteiger partial charge is 0.353 e. The molecule has 2 aliphatic rings. The minimum Gasteiger partial charge on any atom is -0.353 e. The molecule has 0 aromatic heterocycles. The molecule has 6 nitrogen and oxygen atoms in total. The van der Waals surface area contributed by atoms with Gasteiger partial charge in [-0.15, -0.1) is 0 Å². The van der Waals surface area contributed by atoms with Crippen LogP contribution < -0.4 is 5.32 Å². The van der Waals surface area contributed by atoms with Gasteiger partial charge in [-0.25, -0.2) is 0 Å². The number of hydrogen-bond donors (Lipinski definition) is 1. The Kier molecular flexibility index (Phi) is 9.65. The van der Waals surface area contributed by atoms with Gasteiger partial charge in [0.1, 0.15) is 0 Å². The van der Waals surface area contributed by atoms with Crippen LogP contribution in [0.1, 0.15) is 49.9 Å². The highest BCUT2D eigenvalue weighted by molar-refractivity contribution is 6.42. The van der Waals surface area contributed by atoms with Gasteiger partial charge in [0, 0.05) is 44.8 Å². The number of hydrogen-bond acceptors (Lipinski definition) is 4. The molecule has 1 atom stereocenters. The number of benzene rings is 1. The fourth-order valence-corrected chi connectivity index (χ4v) is 5.25. The number of halogens is 2. The highest BCUT2D eigenvalue weighted by Crippen LogP contribution is 2.31. The van der Waals surface area contributed by atoms with Gasteiger partial charge in [-0.05, 0) is 50.0 Å². The summed E-state index contributed by atoms with van der Waals surface area (Å²) in [7, 11) is 0. The van der Waals surface area contributed by atoms with E-state index >= 15 is 0 Å². The summed E-state index contributed by atoms with van der Waals surface area (Å²) in [5, 5.41) is 4.03. The summed E-state index contributed by atoms with van der Waals surface area (Å²) in [4.78, 5) is 32.6. The molecule has 0 bridgehead atoms. The number of piperazine rings is 1. The molecule has 8 heteroatoms. The van der Waals surface area contributed by atoms with Crippen molar-refractivity contribution in [3.8, 4) is 0 Å². The third-order valence-corrected chi connectivity index (χ3v) is 7.64. The maximum atomic E-state index is 13.2.